The maximum Gasteiger partial charge on any atom is 0.246 e. The second-order valence-electron chi connectivity index (χ2n) is 4.74. The third-order valence-electron chi connectivity index (χ3n) is 3.43. The Hall–Kier alpha value is -1.44. The van der Waals surface area contributed by atoms with Crippen molar-refractivity contribution in [3.8, 4) is 0 Å². The van der Waals surface area contributed by atoms with Crippen molar-refractivity contribution in [2.45, 2.75) is 30.2 Å². The summed E-state index contributed by atoms with van der Waals surface area (Å²) in [5.41, 5.74) is 0.537. The minimum Gasteiger partial charge on any atom is -0.366 e. The average Bonchev–Trinajstić information content (AvgIpc) is 2.88. The summed E-state index contributed by atoms with van der Waals surface area (Å²) in [4.78, 5) is 15.3. The van der Waals surface area contributed by atoms with Crippen LogP contribution in [0.4, 0.5) is 0 Å². The van der Waals surface area contributed by atoms with Crippen molar-refractivity contribution >= 4 is 21.4 Å². The van der Waals surface area contributed by atoms with Gasteiger partial charge in [-0.3, -0.25) is 4.79 Å². The Balaban J connectivity index is 1.93. The zero-order chi connectivity index (χ0) is 14.2. The van der Waals surface area contributed by atoms with Crippen LogP contribution < -0.4 is 10.2 Å². The number of thiophene rings is 1. The summed E-state index contributed by atoms with van der Waals surface area (Å²) in [6.07, 6.45) is 5.34. The maximum atomic E-state index is 12.3. The quantitative estimate of drug-likeness (QED) is 0.907. The summed E-state index contributed by atoms with van der Waals surface area (Å²) in [6.45, 7) is 0. The predicted molar refractivity (Wildman–Crippen MR) is 77.4 cm³/mol. The van der Waals surface area contributed by atoms with Crippen LogP contribution in [0, 0.1) is 0 Å². The number of rotatable bonds is 3. The molecule has 1 aliphatic carbocycles. The lowest BCUT2D eigenvalue weighted by Gasteiger charge is -2.23. The molecule has 0 radical (unpaired) electrons. The lowest BCUT2D eigenvalue weighted by Crippen LogP contribution is -2.33. The van der Waals surface area contributed by atoms with E-state index in [4.69, 9.17) is 0 Å². The fourth-order valence-corrected chi connectivity index (χ4v) is 4.76. The number of pyridine rings is 1. The van der Waals surface area contributed by atoms with Crippen LogP contribution >= 0.6 is 11.3 Å². The molecule has 5 nitrogen and oxygen atoms in total. The van der Waals surface area contributed by atoms with Gasteiger partial charge in [-0.25, -0.2) is 13.1 Å². The second-order valence-corrected chi connectivity index (χ2v) is 7.42. The molecule has 2 aromatic rings. The molecular formula is C13H14N2O3S2. The molecule has 0 fully saturated rings. The van der Waals surface area contributed by atoms with Gasteiger partial charge in [0, 0.05) is 29.4 Å². The van der Waals surface area contributed by atoms with E-state index in [0.717, 1.165) is 24.8 Å². The van der Waals surface area contributed by atoms with E-state index >= 15 is 0 Å². The van der Waals surface area contributed by atoms with Gasteiger partial charge in [-0.05, 0) is 36.3 Å². The third-order valence-corrected chi connectivity index (χ3v) is 5.92. The molecular weight excluding hydrogens is 296 g/mol. The normalized spacial score (nSPS) is 18.7. The Bertz CT molecular complexity index is 777. The molecule has 1 aliphatic rings. The van der Waals surface area contributed by atoms with E-state index < -0.39 is 15.5 Å². The van der Waals surface area contributed by atoms with Gasteiger partial charge in [0.2, 0.25) is 15.5 Å². The van der Waals surface area contributed by atoms with Crippen molar-refractivity contribution in [1.82, 2.24) is 9.71 Å². The van der Waals surface area contributed by atoms with E-state index in [2.05, 4.69) is 9.71 Å². The van der Waals surface area contributed by atoms with E-state index in [1.165, 1.54) is 23.3 Å². The highest BCUT2D eigenvalue weighted by Crippen LogP contribution is 2.33. The van der Waals surface area contributed by atoms with Crippen molar-refractivity contribution in [3.63, 3.8) is 0 Å². The van der Waals surface area contributed by atoms with Crippen LogP contribution in [0.25, 0.3) is 0 Å². The SMILES string of the molecule is O=c1cc[nH]cc1S(=O)(=O)NC1CCCc2sccc21. The van der Waals surface area contributed by atoms with Crippen LogP contribution in [0.2, 0.25) is 0 Å². The Labute approximate surface area is 120 Å². The summed E-state index contributed by atoms with van der Waals surface area (Å²) < 4.78 is 27.3. The van der Waals surface area contributed by atoms with Gasteiger partial charge in [0.05, 0.1) is 0 Å². The Kier molecular flexibility index (Phi) is 3.49. The van der Waals surface area contributed by atoms with Gasteiger partial charge < -0.3 is 4.98 Å². The van der Waals surface area contributed by atoms with E-state index in [1.54, 1.807) is 11.3 Å². The predicted octanol–water partition coefficient (Wildman–Crippen LogP) is 1.79. The molecule has 0 spiro atoms. The molecule has 1 atom stereocenters. The molecule has 3 rings (SSSR count). The van der Waals surface area contributed by atoms with Crippen LogP contribution in [-0.2, 0) is 16.4 Å². The number of aromatic nitrogens is 1. The van der Waals surface area contributed by atoms with Crippen molar-refractivity contribution in [1.29, 1.82) is 0 Å². The average molecular weight is 310 g/mol. The lowest BCUT2D eigenvalue weighted by atomic mass is 9.95. The van der Waals surface area contributed by atoms with E-state index in [-0.39, 0.29) is 10.9 Å². The third kappa shape index (κ3) is 2.44. The number of aromatic amines is 1. The first-order valence-corrected chi connectivity index (χ1v) is 8.70. The number of nitrogens with one attached hydrogen (secondary N) is 2. The number of aryl methyl sites for hydroxylation is 1. The Morgan fingerprint density at radius 3 is 3.00 bits per heavy atom. The molecule has 20 heavy (non-hydrogen) atoms. The van der Waals surface area contributed by atoms with Gasteiger partial charge in [0.25, 0.3) is 0 Å². The minimum absolute atomic E-state index is 0.234. The smallest absolute Gasteiger partial charge is 0.246 e. The van der Waals surface area contributed by atoms with Crippen LogP contribution in [0.3, 0.4) is 0 Å². The summed E-state index contributed by atoms with van der Waals surface area (Å²) in [5, 5.41) is 1.98. The van der Waals surface area contributed by atoms with E-state index in [9.17, 15) is 13.2 Å². The molecule has 0 aliphatic heterocycles. The van der Waals surface area contributed by atoms with Gasteiger partial charge in [-0.15, -0.1) is 11.3 Å². The summed E-state index contributed by atoms with van der Waals surface area (Å²) in [7, 11) is -3.80. The maximum absolute atomic E-state index is 12.3. The number of H-pyrrole nitrogens is 1. The number of sulfonamides is 1. The highest BCUT2D eigenvalue weighted by molar-refractivity contribution is 7.89. The molecule has 106 valence electrons. The van der Waals surface area contributed by atoms with Gasteiger partial charge >= 0.3 is 0 Å². The first-order valence-electron chi connectivity index (χ1n) is 6.33. The molecule has 2 N–H and O–H groups in total. The zero-order valence-electron chi connectivity index (χ0n) is 10.6. The fourth-order valence-electron chi connectivity index (χ4n) is 2.47. The number of fused-ring (bicyclic) bond motifs is 1. The van der Waals surface area contributed by atoms with Gasteiger partial charge in [-0.1, -0.05) is 0 Å². The number of hydrogen-bond acceptors (Lipinski definition) is 4. The van der Waals surface area contributed by atoms with Gasteiger partial charge in [0.15, 0.2) is 0 Å². The van der Waals surface area contributed by atoms with Crippen LogP contribution in [-0.4, -0.2) is 13.4 Å². The summed E-state index contributed by atoms with van der Waals surface area (Å²) in [5.74, 6) is 0. The second kappa shape index (κ2) is 5.16. The topological polar surface area (TPSA) is 79.0 Å². The summed E-state index contributed by atoms with van der Waals surface area (Å²) in [6, 6.07) is 2.93. The first kappa shape index (κ1) is 13.5. The highest BCUT2D eigenvalue weighted by atomic mass is 32.2. The lowest BCUT2D eigenvalue weighted by molar-refractivity contribution is 0.510. The molecule has 1 unspecified atom stereocenters. The first-order chi connectivity index (χ1) is 9.58. The van der Waals surface area contributed by atoms with Crippen LogP contribution in [0.5, 0.6) is 0 Å². The van der Waals surface area contributed by atoms with Crippen molar-refractivity contribution in [3.05, 3.63) is 50.6 Å². The fraction of sp³-hybridized carbons (Fsp3) is 0.308. The molecule has 2 heterocycles. The minimum atomic E-state index is -3.80. The van der Waals surface area contributed by atoms with Crippen LogP contribution in [0.15, 0.2) is 39.6 Å². The Morgan fingerprint density at radius 1 is 1.35 bits per heavy atom. The molecule has 7 heteroatoms. The van der Waals surface area contributed by atoms with E-state index in [0.29, 0.717) is 0 Å². The van der Waals surface area contributed by atoms with Gasteiger partial charge in [0.1, 0.15) is 4.90 Å². The monoisotopic (exact) mass is 310 g/mol. The molecule has 2 aromatic heterocycles. The van der Waals surface area contributed by atoms with Crippen LogP contribution in [0.1, 0.15) is 29.3 Å². The van der Waals surface area contributed by atoms with Gasteiger partial charge in [-0.2, -0.15) is 0 Å². The van der Waals surface area contributed by atoms with E-state index in [1.807, 2.05) is 11.4 Å². The van der Waals surface area contributed by atoms with Crippen molar-refractivity contribution in [2.24, 2.45) is 0 Å². The molecule has 0 saturated heterocycles. The standard InChI is InChI=1S/C13H14N2O3S2/c16-11-4-6-14-8-13(11)20(17,18)15-10-2-1-3-12-9(10)5-7-19-12/h4-8,10,15H,1-3H2,(H,14,16). The molecule has 0 saturated carbocycles. The number of hydrogen-bond donors (Lipinski definition) is 2. The molecule has 0 amide bonds. The Morgan fingerprint density at radius 2 is 2.20 bits per heavy atom. The van der Waals surface area contributed by atoms with Crippen molar-refractivity contribution < 1.29 is 8.42 Å². The highest BCUT2D eigenvalue weighted by Gasteiger charge is 2.27. The van der Waals surface area contributed by atoms with Crippen molar-refractivity contribution in [2.75, 3.05) is 0 Å². The zero-order valence-corrected chi connectivity index (χ0v) is 12.3. The largest absolute Gasteiger partial charge is 0.366 e. The summed E-state index contributed by atoms with van der Waals surface area (Å²) >= 11 is 1.65. The molecule has 0 bridgehead atoms. The molecule has 0 aromatic carbocycles.